The Kier molecular flexibility index (Phi) is 4.17. The average Bonchev–Trinajstić information content (AvgIpc) is 2.36. The number of nitrogens with one attached hydrogen (secondary N) is 1. The van der Waals surface area contributed by atoms with Crippen molar-refractivity contribution in [2.24, 2.45) is 5.14 Å². The second kappa shape index (κ2) is 5.70. The van der Waals surface area contributed by atoms with Crippen LogP contribution in [0.5, 0.6) is 0 Å². The van der Waals surface area contributed by atoms with Gasteiger partial charge in [-0.3, -0.25) is 0 Å². The Morgan fingerprint density at radius 2 is 1.75 bits per heavy atom. The van der Waals surface area contributed by atoms with Gasteiger partial charge in [-0.25, -0.2) is 13.6 Å². The maximum atomic E-state index is 11.2. The molecule has 20 heavy (non-hydrogen) atoms. The zero-order valence-corrected chi connectivity index (χ0v) is 12.1. The van der Waals surface area contributed by atoms with Crippen molar-refractivity contribution in [1.82, 2.24) is 0 Å². The van der Waals surface area contributed by atoms with Gasteiger partial charge in [0.1, 0.15) is 4.90 Å². The summed E-state index contributed by atoms with van der Waals surface area (Å²) >= 11 is 5.80. The summed E-state index contributed by atoms with van der Waals surface area (Å²) in [5.41, 5.74) is 7.56. The van der Waals surface area contributed by atoms with E-state index in [1.54, 1.807) is 18.2 Å². The Bertz CT molecular complexity index is 715. The van der Waals surface area contributed by atoms with Crippen LogP contribution in [0.25, 0.3) is 0 Å². The van der Waals surface area contributed by atoms with Crippen molar-refractivity contribution in [3.05, 3.63) is 53.1 Å². The molecule has 5 N–H and O–H groups in total. The van der Waals surface area contributed by atoms with E-state index in [-0.39, 0.29) is 10.6 Å². The summed E-state index contributed by atoms with van der Waals surface area (Å²) in [5, 5.41) is 8.86. The predicted octanol–water partition coefficient (Wildman–Crippen LogP) is 2.18. The van der Waals surface area contributed by atoms with Crippen LogP contribution in [-0.4, -0.2) is 8.42 Å². The van der Waals surface area contributed by atoms with Crippen LogP contribution < -0.4 is 16.2 Å². The number of anilines is 2. The third kappa shape index (κ3) is 3.63. The van der Waals surface area contributed by atoms with Gasteiger partial charge in [0, 0.05) is 17.3 Å². The molecule has 5 nitrogen and oxygen atoms in total. The molecule has 0 saturated heterocycles. The maximum Gasteiger partial charge on any atom is 0.240 e. The maximum absolute atomic E-state index is 11.2. The minimum absolute atomic E-state index is 0.0745. The van der Waals surface area contributed by atoms with Gasteiger partial charge in [0.05, 0.1) is 5.69 Å². The molecule has 0 unspecified atom stereocenters. The molecule has 0 heterocycles. The normalized spacial score (nSPS) is 11.3. The zero-order valence-electron chi connectivity index (χ0n) is 10.5. The highest BCUT2D eigenvalue weighted by Gasteiger charge is 2.12. The first-order valence-electron chi connectivity index (χ1n) is 5.77. The quantitative estimate of drug-likeness (QED) is 0.754. The third-order valence-electron chi connectivity index (χ3n) is 2.73. The smallest absolute Gasteiger partial charge is 0.240 e. The van der Waals surface area contributed by atoms with Crippen LogP contribution >= 0.6 is 11.6 Å². The first-order valence-corrected chi connectivity index (χ1v) is 7.69. The molecular weight excluding hydrogens is 298 g/mol. The molecule has 2 rings (SSSR count). The summed E-state index contributed by atoms with van der Waals surface area (Å²) in [6.45, 7) is 0.575. The summed E-state index contributed by atoms with van der Waals surface area (Å²) < 4.78 is 22.5. The van der Waals surface area contributed by atoms with Crippen LogP contribution in [0, 0.1) is 0 Å². The van der Waals surface area contributed by atoms with Gasteiger partial charge < -0.3 is 11.1 Å². The van der Waals surface area contributed by atoms with E-state index < -0.39 is 10.0 Å². The number of nitrogens with two attached hydrogens (primary N) is 2. The Morgan fingerprint density at radius 1 is 1.10 bits per heavy atom. The van der Waals surface area contributed by atoms with Gasteiger partial charge in [-0.05, 0) is 35.9 Å². The van der Waals surface area contributed by atoms with E-state index >= 15 is 0 Å². The molecule has 2 aromatic rings. The van der Waals surface area contributed by atoms with Crippen LogP contribution in [-0.2, 0) is 16.6 Å². The molecule has 0 aromatic heterocycles. The highest BCUT2D eigenvalue weighted by molar-refractivity contribution is 7.89. The molecule has 106 valence electrons. The van der Waals surface area contributed by atoms with Gasteiger partial charge in [-0.2, -0.15) is 0 Å². The first kappa shape index (κ1) is 14.6. The number of benzene rings is 2. The number of sulfonamides is 1. The second-order valence-corrected chi connectivity index (χ2v) is 6.24. The Morgan fingerprint density at radius 3 is 2.30 bits per heavy atom. The van der Waals surface area contributed by atoms with E-state index in [1.807, 2.05) is 12.1 Å². The third-order valence-corrected chi connectivity index (χ3v) is 3.96. The standard InChI is InChI=1S/C13H14ClN3O2S/c14-10-3-1-9(2-4-10)8-17-11-5-6-13(12(15)7-11)20(16,18)19/h1-7,17H,8,15H2,(H2,16,18,19). The topological polar surface area (TPSA) is 98.2 Å². The van der Waals surface area contributed by atoms with E-state index in [1.165, 1.54) is 12.1 Å². The summed E-state index contributed by atoms with van der Waals surface area (Å²) in [6, 6.07) is 11.9. The monoisotopic (exact) mass is 311 g/mol. The van der Waals surface area contributed by atoms with Gasteiger partial charge in [0.2, 0.25) is 10.0 Å². The number of primary sulfonamides is 1. The van der Waals surface area contributed by atoms with E-state index in [4.69, 9.17) is 22.5 Å². The lowest BCUT2D eigenvalue weighted by atomic mass is 10.2. The van der Waals surface area contributed by atoms with E-state index in [2.05, 4.69) is 5.32 Å². The second-order valence-electron chi connectivity index (χ2n) is 4.28. The summed E-state index contributed by atoms with van der Waals surface area (Å²) in [4.78, 5) is -0.0745. The molecule has 0 atom stereocenters. The fourth-order valence-corrected chi connectivity index (χ4v) is 2.50. The number of halogens is 1. The number of rotatable bonds is 4. The minimum Gasteiger partial charge on any atom is -0.398 e. The molecular formula is C13H14ClN3O2S. The summed E-state index contributed by atoms with van der Waals surface area (Å²) in [6.07, 6.45) is 0. The van der Waals surface area contributed by atoms with E-state index in [0.717, 1.165) is 5.56 Å². The van der Waals surface area contributed by atoms with Gasteiger partial charge in [-0.1, -0.05) is 23.7 Å². The lowest BCUT2D eigenvalue weighted by Gasteiger charge is -2.09. The lowest BCUT2D eigenvalue weighted by Crippen LogP contribution is -2.14. The van der Waals surface area contributed by atoms with Crippen molar-refractivity contribution in [2.75, 3.05) is 11.1 Å². The Labute approximate surface area is 122 Å². The number of hydrogen-bond acceptors (Lipinski definition) is 4. The minimum atomic E-state index is -3.79. The van der Waals surface area contributed by atoms with Gasteiger partial charge in [-0.15, -0.1) is 0 Å². The molecule has 0 amide bonds. The highest BCUT2D eigenvalue weighted by atomic mass is 35.5. The SMILES string of the molecule is Nc1cc(NCc2ccc(Cl)cc2)ccc1S(N)(=O)=O. The van der Waals surface area contributed by atoms with Crippen LogP contribution in [0.15, 0.2) is 47.4 Å². The molecule has 7 heteroatoms. The Balaban J connectivity index is 2.11. The van der Waals surface area contributed by atoms with Crippen molar-refractivity contribution in [2.45, 2.75) is 11.4 Å². The fourth-order valence-electron chi connectivity index (χ4n) is 1.72. The average molecular weight is 312 g/mol. The van der Waals surface area contributed by atoms with Crippen LogP contribution in [0.2, 0.25) is 5.02 Å². The molecule has 0 aliphatic heterocycles. The molecule has 0 aliphatic carbocycles. The molecule has 0 aliphatic rings. The van der Waals surface area contributed by atoms with Crippen molar-refractivity contribution >= 4 is 33.0 Å². The molecule has 0 radical (unpaired) electrons. The number of hydrogen-bond donors (Lipinski definition) is 3. The zero-order chi connectivity index (χ0) is 14.8. The fraction of sp³-hybridized carbons (Fsp3) is 0.0769. The highest BCUT2D eigenvalue weighted by Crippen LogP contribution is 2.22. The summed E-state index contributed by atoms with van der Waals surface area (Å²) in [7, 11) is -3.79. The van der Waals surface area contributed by atoms with Gasteiger partial charge in [0.25, 0.3) is 0 Å². The predicted molar refractivity (Wildman–Crippen MR) is 81.0 cm³/mol. The number of nitrogen functional groups attached to an aromatic ring is 1. The van der Waals surface area contributed by atoms with E-state index in [9.17, 15) is 8.42 Å². The molecule has 0 fully saturated rings. The van der Waals surface area contributed by atoms with Crippen LogP contribution in [0.1, 0.15) is 5.56 Å². The largest absolute Gasteiger partial charge is 0.398 e. The molecule has 0 saturated carbocycles. The van der Waals surface area contributed by atoms with Crippen molar-refractivity contribution in [1.29, 1.82) is 0 Å². The Hall–Kier alpha value is -1.76. The first-order chi connectivity index (χ1) is 9.36. The molecule has 0 spiro atoms. The van der Waals surface area contributed by atoms with Crippen LogP contribution in [0.3, 0.4) is 0 Å². The van der Waals surface area contributed by atoms with Gasteiger partial charge >= 0.3 is 0 Å². The molecule has 2 aromatic carbocycles. The van der Waals surface area contributed by atoms with E-state index in [0.29, 0.717) is 17.3 Å². The van der Waals surface area contributed by atoms with Crippen molar-refractivity contribution in [3.63, 3.8) is 0 Å². The van der Waals surface area contributed by atoms with Crippen molar-refractivity contribution < 1.29 is 8.42 Å². The van der Waals surface area contributed by atoms with Gasteiger partial charge in [0.15, 0.2) is 0 Å². The molecule has 0 bridgehead atoms. The van der Waals surface area contributed by atoms with Crippen LogP contribution in [0.4, 0.5) is 11.4 Å². The summed E-state index contributed by atoms with van der Waals surface area (Å²) in [5.74, 6) is 0. The lowest BCUT2D eigenvalue weighted by molar-refractivity contribution is 0.598. The van der Waals surface area contributed by atoms with Crippen molar-refractivity contribution in [3.8, 4) is 0 Å².